The number of anilines is 1. The fraction of sp³-hybridized carbons (Fsp3) is 0.240. The molecule has 30 heavy (non-hydrogen) atoms. The predicted octanol–water partition coefficient (Wildman–Crippen LogP) is 5.57. The first-order valence-corrected chi connectivity index (χ1v) is 11.0. The third-order valence-corrected chi connectivity index (χ3v) is 6.96. The first-order chi connectivity index (χ1) is 14.6. The van der Waals surface area contributed by atoms with Crippen LogP contribution in [0.4, 0.5) is 5.69 Å². The topological polar surface area (TPSA) is 51.8 Å². The molecular formula is C25H22N4S. The van der Waals surface area contributed by atoms with Gasteiger partial charge >= 0.3 is 0 Å². The van der Waals surface area contributed by atoms with Crippen molar-refractivity contribution >= 4 is 28.3 Å². The minimum atomic E-state index is -0.0519. The summed E-state index contributed by atoms with van der Waals surface area (Å²) in [5.74, 6) is 0. The van der Waals surface area contributed by atoms with E-state index in [1.807, 2.05) is 36.5 Å². The Kier molecular flexibility index (Phi) is 4.60. The number of hydrogen-bond acceptors (Lipinski definition) is 4. The summed E-state index contributed by atoms with van der Waals surface area (Å²) in [7, 11) is 0. The number of nitriles is 1. The van der Waals surface area contributed by atoms with E-state index in [-0.39, 0.29) is 5.41 Å². The highest BCUT2D eigenvalue weighted by molar-refractivity contribution is 8.18. The Hall–Kier alpha value is -3.10. The van der Waals surface area contributed by atoms with Crippen molar-refractivity contribution < 1.29 is 0 Å². The first-order valence-electron chi connectivity index (χ1n) is 10.2. The van der Waals surface area contributed by atoms with Crippen LogP contribution in [0.3, 0.4) is 0 Å². The Morgan fingerprint density at radius 2 is 1.97 bits per heavy atom. The van der Waals surface area contributed by atoms with Crippen molar-refractivity contribution in [2.45, 2.75) is 32.1 Å². The maximum Gasteiger partial charge on any atom is 0.208 e. The second-order valence-electron chi connectivity index (χ2n) is 8.20. The second kappa shape index (κ2) is 7.30. The van der Waals surface area contributed by atoms with Crippen LogP contribution >= 0.6 is 11.8 Å². The summed E-state index contributed by atoms with van der Waals surface area (Å²) in [5, 5.41) is 9.48. The van der Waals surface area contributed by atoms with Gasteiger partial charge in [0.25, 0.3) is 0 Å². The molecule has 5 heteroatoms. The number of amidine groups is 1. The smallest absolute Gasteiger partial charge is 0.208 e. The lowest BCUT2D eigenvalue weighted by atomic mass is 9.83. The molecule has 0 aromatic heterocycles. The highest BCUT2D eigenvalue weighted by Gasteiger charge is 2.42. The van der Waals surface area contributed by atoms with Crippen molar-refractivity contribution in [3.8, 4) is 6.19 Å². The third kappa shape index (κ3) is 3.00. The molecule has 0 saturated heterocycles. The fourth-order valence-corrected chi connectivity index (χ4v) is 5.47. The van der Waals surface area contributed by atoms with Crippen molar-refractivity contribution in [1.29, 1.82) is 5.26 Å². The van der Waals surface area contributed by atoms with E-state index in [9.17, 15) is 0 Å². The van der Waals surface area contributed by atoms with E-state index in [0.29, 0.717) is 5.17 Å². The SMILES string of the molecule is CC1(C)/C(=C/C=C2/SC(=NC#N)N=C2c2ccccc2)N2CCCc3cccc1c32. The molecule has 0 atom stereocenters. The minimum Gasteiger partial charge on any atom is -0.344 e. The lowest BCUT2D eigenvalue weighted by molar-refractivity contribution is 0.625. The van der Waals surface area contributed by atoms with Gasteiger partial charge in [0.05, 0.1) is 5.71 Å². The van der Waals surface area contributed by atoms with Gasteiger partial charge in [0.1, 0.15) is 0 Å². The van der Waals surface area contributed by atoms with Crippen molar-refractivity contribution in [3.05, 3.63) is 88.0 Å². The molecule has 3 aliphatic heterocycles. The number of para-hydroxylation sites is 1. The van der Waals surface area contributed by atoms with Crippen LogP contribution in [-0.2, 0) is 11.8 Å². The Morgan fingerprint density at radius 3 is 2.77 bits per heavy atom. The standard InChI is InChI=1S/C25H22N4S/c1-25(2)19-12-6-10-18-11-7-15-29(23(18)19)21(25)14-13-20-22(17-8-4-3-5-9-17)28-24(30-20)27-16-26/h3-6,8-10,12-14H,7,11,15H2,1-2H3/b20-13+,21-14-,27-24?. The average Bonchev–Trinajstić information content (AvgIpc) is 3.26. The number of thioether (sulfide) groups is 1. The lowest BCUT2D eigenvalue weighted by Crippen LogP contribution is -2.29. The summed E-state index contributed by atoms with van der Waals surface area (Å²) in [6.07, 6.45) is 8.57. The molecular weight excluding hydrogens is 388 g/mol. The van der Waals surface area contributed by atoms with Crippen LogP contribution in [0, 0.1) is 11.5 Å². The quantitative estimate of drug-likeness (QED) is 0.608. The van der Waals surface area contributed by atoms with Gasteiger partial charge < -0.3 is 4.90 Å². The predicted molar refractivity (Wildman–Crippen MR) is 125 cm³/mol. The number of benzene rings is 2. The third-order valence-electron chi connectivity index (χ3n) is 6.05. The molecule has 0 amide bonds. The zero-order chi connectivity index (χ0) is 20.7. The van der Waals surface area contributed by atoms with E-state index in [2.05, 4.69) is 59.1 Å². The van der Waals surface area contributed by atoms with Crippen LogP contribution in [-0.4, -0.2) is 17.4 Å². The highest BCUT2D eigenvalue weighted by Crippen LogP contribution is 2.51. The maximum absolute atomic E-state index is 8.98. The van der Waals surface area contributed by atoms with Gasteiger partial charge in [0, 0.05) is 33.8 Å². The van der Waals surface area contributed by atoms with Crippen LogP contribution < -0.4 is 4.90 Å². The molecule has 3 heterocycles. The summed E-state index contributed by atoms with van der Waals surface area (Å²) >= 11 is 1.45. The summed E-state index contributed by atoms with van der Waals surface area (Å²) < 4.78 is 0. The van der Waals surface area contributed by atoms with Gasteiger partial charge in [-0.25, -0.2) is 4.99 Å². The van der Waals surface area contributed by atoms with Crippen LogP contribution in [0.2, 0.25) is 0 Å². The van der Waals surface area contributed by atoms with E-state index in [1.54, 1.807) is 0 Å². The molecule has 0 N–H and O–H groups in total. The van der Waals surface area contributed by atoms with Crippen molar-refractivity contribution in [2.75, 3.05) is 11.4 Å². The molecule has 0 aliphatic carbocycles. The van der Waals surface area contributed by atoms with Gasteiger partial charge in [-0.2, -0.15) is 5.26 Å². The number of aliphatic imine (C=N–C) groups is 2. The maximum atomic E-state index is 8.98. The van der Waals surface area contributed by atoms with E-state index < -0.39 is 0 Å². The summed E-state index contributed by atoms with van der Waals surface area (Å²) in [5.41, 5.74) is 7.44. The molecule has 5 rings (SSSR count). The van der Waals surface area contributed by atoms with Crippen LogP contribution in [0.15, 0.2) is 81.3 Å². The highest BCUT2D eigenvalue weighted by atomic mass is 32.2. The molecule has 2 aromatic carbocycles. The first kappa shape index (κ1) is 18.9. The lowest BCUT2D eigenvalue weighted by Gasteiger charge is -2.30. The monoisotopic (exact) mass is 410 g/mol. The van der Waals surface area contributed by atoms with Gasteiger partial charge in [0.15, 0.2) is 0 Å². The number of rotatable bonds is 2. The Morgan fingerprint density at radius 1 is 1.13 bits per heavy atom. The minimum absolute atomic E-state index is 0.0519. The van der Waals surface area contributed by atoms with E-state index in [4.69, 9.17) is 5.26 Å². The number of allylic oxidation sites excluding steroid dienone is 4. The fourth-order valence-electron chi connectivity index (χ4n) is 4.65. The molecule has 2 aromatic rings. The number of aryl methyl sites for hydroxylation is 1. The molecule has 4 nitrogen and oxygen atoms in total. The molecule has 148 valence electrons. The summed E-state index contributed by atoms with van der Waals surface area (Å²) in [6, 6.07) is 16.8. The van der Waals surface area contributed by atoms with Gasteiger partial charge in [-0.1, -0.05) is 62.4 Å². The zero-order valence-corrected chi connectivity index (χ0v) is 17.9. The Balaban J connectivity index is 1.58. The molecule has 0 unspecified atom stereocenters. The second-order valence-corrected chi connectivity index (χ2v) is 9.21. The molecule has 0 bridgehead atoms. The van der Waals surface area contributed by atoms with Gasteiger partial charge in [-0.15, -0.1) is 4.99 Å². The largest absolute Gasteiger partial charge is 0.344 e. The molecule has 3 aliphatic rings. The summed E-state index contributed by atoms with van der Waals surface area (Å²) in [6.45, 7) is 5.67. The zero-order valence-electron chi connectivity index (χ0n) is 17.1. The normalized spacial score (nSPS) is 23.0. The number of hydrogen-bond donors (Lipinski definition) is 0. The molecule has 0 saturated carbocycles. The van der Waals surface area contributed by atoms with E-state index >= 15 is 0 Å². The Labute approximate surface area is 181 Å². The van der Waals surface area contributed by atoms with Crippen molar-refractivity contribution in [1.82, 2.24) is 0 Å². The average molecular weight is 411 g/mol. The van der Waals surface area contributed by atoms with Gasteiger partial charge in [-0.05, 0) is 47.9 Å². The summed E-state index contributed by atoms with van der Waals surface area (Å²) in [4.78, 5) is 12.0. The van der Waals surface area contributed by atoms with Gasteiger partial charge in [0.2, 0.25) is 11.4 Å². The number of nitrogens with zero attached hydrogens (tertiary/aromatic N) is 4. The van der Waals surface area contributed by atoms with Crippen LogP contribution in [0.5, 0.6) is 0 Å². The Bertz CT molecular complexity index is 1180. The van der Waals surface area contributed by atoms with Crippen LogP contribution in [0.25, 0.3) is 0 Å². The van der Waals surface area contributed by atoms with E-state index in [0.717, 1.165) is 29.1 Å². The molecule has 0 spiro atoms. The van der Waals surface area contributed by atoms with Crippen molar-refractivity contribution in [3.63, 3.8) is 0 Å². The van der Waals surface area contributed by atoms with Crippen LogP contribution in [0.1, 0.15) is 37.0 Å². The molecule has 0 fully saturated rings. The van der Waals surface area contributed by atoms with Gasteiger partial charge in [-0.3, -0.25) is 0 Å². The molecule has 0 radical (unpaired) electrons. The van der Waals surface area contributed by atoms with Crippen molar-refractivity contribution in [2.24, 2.45) is 9.98 Å². The van der Waals surface area contributed by atoms with E-state index in [1.165, 1.54) is 40.7 Å².